The van der Waals surface area contributed by atoms with E-state index in [-0.39, 0.29) is 5.78 Å². The molecular formula is C18H19NO. The highest BCUT2D eigenvalue weighted by molar-refractivity contribution is 5.98. The van der Waals surface area contributed by atoms with Crippen molar-refractivity contribution in [2.45, 2.75) is 32.6 Å². The molecule has 20 heavy (non-hydrogen) atoms. The molecule has 102 valence electrons. The summed E-state index contributed by atoms with van der Waals surface area (Å²) in [6.07, 6.45) is 4.04. The first-order valence-electron chi connectivity index (χ1n) is 7.13. The van der Waals surface area contributed by atoms with Crippen LogP contribution in [0.2, 0.25) is 0 Å². The summed E-state index contributed by atoms with van der Waals surface area (Å²) in [7, 11) is 0. The zero-order valence-electron chi connectivity index (χ0n) is 11.8. The molecule has 2 heteroatoms. The molecule has 2 aromatic rings. The van der Waals surface area contributed by atoms with Gasteiger partial charge in [-0.25, -0.2) is 0 Å². The number of aryl methyl sites for hydroxylation is 3. The minimum Gasteiger partial charge on any atom is -0.399 e. The van der Waals surface area contributed by atoms with Gasteiger partial charge in [-0.2, -0.15) is 0 Å². The average Bonchev–Trinajstić information content (AvgIpc) is 2.89. The van der Waals surface area contributed by atoms with Gasteiger partial charge in [-0.05, 0) is 66.6 Å². The topological polar surface area (TPSA) is 43.1 Å². The van der Waals surface area contributed by atoms with Crippen LogP contribution in [0.15, 0.2) is 36.4 Å². The van der Waals surface area contributed by atoms with E-state index in [0.717, 1.165) is 28.8 Å². The maximum atomic E-state index is 12.3. The largest absolute Gasteiger partial charge is 0.399 e. The third-order valence-corrected chi connectivity index (χ3v) is 4.12. The molecule has 0 amide bonds. The van der Waals surface area contributed by atoms with Crippen LogP contribution in [-0.2, 0) is 19.3 Å². The van der Waals surface area contributed by atoms with Crippen molar-refractivity contribution >= 4 is 11.5 Å². The van der Waals surface area contributed by atoms with Crippen LogP contribution in [0, 0.1) is 6.92 Å². The van der Waals surface area contributed by atoms with Gasteiger partial charge in [0.15, 0.2) is 5.78 Å². The number of rotatable bonds is 3. The van der Waals surface area contributed by atoms with Gasteiger partial charge >= 0.3 is 0 Å². The predicted octanol–water partition coefficient (Wildman–Crippen LogP) is 3.49. The van der Waals surface area contributed by atoms with E-state index in [1.54, 1.807) is 0 Å². The number of hydrogen-bond acceptors (Lipinski definition) is 2. The summed E-state index contributed by atoms with van der Waals surface area (Å²) < 4.78 is 0. The number of Topliss-reactive ketones (excluding diaryl/α,β-unsaturated/α-hetero) is 1. The van der Waals surface area contributed by atoms with E-state index in [4.69, 9.17) is 5.73 Å². The van der Waals surface area contributed by atoms with E-state index < -0.39 is 0 Å². The molecule has 0 heterocycles. The smallest absolute Gasteiger partial charge is 0.167 e. The van der Waals surface area contributed by atoms with Crippen molar-refractivity contribution in [1.82, 2.24) is 0 Å². The molecule has 0 unspecified atom stereocenters. The minimum absolute atomic E-state index is 0.158. The van der Waals surface area contributed by atoms with Crippen LogP contribution in [0.5, 0.6) is 0 Å². The third kappa shape index (κ3) is 2.46. The van der Waals surface area contributed by atoms with Gasteiger partial charge in [-0.3, -0.25) is 4.79 Å². The third-order valence-electron chi connectivity index (χ3n) is 4.12. The van der Waals surface area contributed by atoms with Gasteiger partial charge < -0.3 is 5.73 Å². The van der Waals surface area contributed by atoms with Crippen LogP contribution in [0.3, 0.4) is 0 Å². The quantitative estimate of drug-likeness (QED) is 0.682. The molecule has 3 rings (SSSR count). The highest BCUT2D eigenvalue weighted by Crippen LogP contribution is 2.23. The number of anilines is 1. The van der Waals surface area contributed by atoms with Gasteiger partial charge in [-0.1, -0.05) is 18.2 Å². The Morgan fingerprint density at radius 2 is 1.90 bits per heavy atom. The summed E-state index contributed by atoms with van der Waals surface area (Å²) in [6.45, 7) is 1.93. The molecule has 0 aromatic heterocycles. The fraction of sp³-hybridized carbons (Fsp3) is 0.278. The first-order chi connectivity index (χ1) is 9.63. The van der Waals surface area contributed by atoms with Gasteiger partial charge in [0, 0.05) is 17.7 Å². The number of fused-ring (bicyclic) bond motifs is 1. The lowest BCUT2D eigenvalue weighted by Gasteiger charge is -2.06. The van der Waals surface area contributed by atoms with Gasteiger partial charge in [0.25, 0.3) is 0 Å². The number of hydrogen-bond donors (Lipinski definition) is 1. The Morgan fingerprint density at radius 1 is 1.10 bits per heavy atom. The second-order valence-electron chi connectivity index (χ2n) is 5.63. The predicted molar refractivity (Wildman–Crippen MR) is 82.1 cm³/mol. The first kappa shape index (κ1) is 12.9. The lowest BCUT2D eigenvalue weighted by Crippen LogP contribution is -2.05. The van der Waals surface area contributed by atoms with E-state index in [1.807, 2.05) is 25.1 Å². The van der Waals surface area contributed by atoms with Crippen molar-refractivity contribution in [2.24, 2.45) is 0 Å². The molecule has 0 spiro atoms. The number of carbonyl (C=O) groups is 1. The highest BCUT2D eigenvalue weighted by Gasteiger charge is 2.13. The van der Waals surface area contributed by atoms with E-state index >= 15 is 0 Å². The number of ketones is 1. The zero-order valence-corrected chi connectivity index (χ0v) is 11.8. The van der Waals surface area contributed by atoms with Crippen LogP contribution in [0.4, 0.5) is 5.69 Å². The number of benzene rings is 2. The second kappa shape index (κ2) is 5.12. The Labute approximate surface area is 119 Å². The molecule has 0 atom stereocenters. The molecule has 1 aliphatic carbocycles. The zero-order chi connectivity index (χ0) is 14.1. The first-order valence-corrected chi connectivity index (χ1v) is 7.13. The molecule has 0 saturated heterocycles. The molecule has 0 aliphatic heterocycles. The Kier molecular flexibility index (Phi) is 3.31. The number of nitrogens with two attached hydrogens (primary N) is 1. The van der Waals surface area contributed by atoms with Gasteiger partial charge in [0.2, 0.25) is 0 Å². The van der Waals surface area contributed by atoms with Gasteiger partial charge in [0.05, 0.1) is 0 Å². The summed E-state index contributed by atoms with van der Waals surface area (Å²) in [4.78, 5) is 12.3. The molecule has 0 bridgehead atoms. The highest BCUT2D eigenvalue weighted by atomic mass is 16.1. The van der Waals surface area contributed by atoms with Crippen molar-refractivity contribution < 1.29 is 4.79 Å². The monoisotopic (exact) mass is 265 g/mol. The van der Waals surface area contributed by atoms with Crippen molar-refractivity contribution in [1.29, 1.82) is 0 Å². The van der Waals surface area contributed by atoms with Crippen LogP contribution < -0.4 is 5.73 Å². The lowest BCUT2D eigenvalue weighted by atomic mass is 9.98. The van der Waals surface area contributed by atoms with Crippen molar-refractivity contribution in [3.8, 4) is 0 Å². The molecule has 2 nitrogen and oxygen atoms in total. The van der Waals surface area contributed by atoms with Crippen molar-refractivity contribution in [3.63, 3.8) is 0 Å². The number of carbonyl (C=O) groups excluding carboxylic acids is 1. The molecule has 0 fully saturated rings. The normalized spacial score (nSPS) is 13.2. The number of nitrogen functional groups attached to an aromatic ring is 1. The average molecular weight is 265 g/mol. The second-order valence-corrected chi connectivity index (χ2v) is 5.63. The van der Waals surface area contributed by atoms with Crippen molar-refractivity contribution in [3.05, 3.63) is 64.2 Å². The fourth-order valence-electron chi connectivity index (χ4n) is 2.87. The van der Waals surface area contributed by atoms with Crippen LogP contribution >= 0.6 is 0 Å². The maximum Gasteiger partial charge on any atom is 0.167 e. The molecule has 0 radical (unpaired) electrons. The molecule has 0 saturated carbocycles. The van der Waals surface area contributed by atoms with E-state index in [9.17, 15) is 4.79 Å². The lowest BCUT2D eigenvalue weighted by molar-refractivity contribution is 0.0993. The summed E-state index contributed by atoms with van der Waals surface area (Å²) >= 11 is 0. The molecular weight excluding hydrogens is 246 g/mol. The Hall–Kier alpha value is -2.09. The van der Waals surface area contributed by atoms with Crippen molar-refractivity contribution in [2.75, 3.05) is 5.73 Å². The Bertz CT molecular complexity index is 673. The summed E-state index contributed by atoms with van der Waals surface area (Å²) in [5.74, 6) is 0.158. The molecule has 2 N–H and O–H groups in total. The molecule has 2 aromatic carbocycles. The van der Waals surface area contributed by atoms with Gasteiger partial charge in [0.1, 0.15) is 0 Å². The Balaban J connectivity index is 1.80. The minimum atomic E-state index is 0.158. The van der Waals surface area contributed by atoms with E-state index in [1.165, 1.54) is 24.0 Å². The standard InChI is InChI=1S/C18H19NO/c1-12-9-16(7-8-17(12)19)18(20)11-13-5-6-14-3-2-4-15(14)10-13/h5-10H,2-4,11,19H2,1H3. The van der Waals surface area contributed by atoms with E-state index in [2.05, 4.69) is 18.2 Å². The maximum absolute atomic E-state index is 12.3. The Morgan fingerprint density at radius 3 is 2.70 bits per heavy atom. The van der Waals surface area contributed by atoms with Crippen LogP contribution in [0.1, 0.15) is 39.0 Å². The summed E-state index contributed by atoms with van der Waals surface area (Å²) in [6, 6.07) is 12.0. The summed E-state index contributed by atoms with van der Waals surface area (Å²) in [5, 5.41) is 0. The van der Waals surface area contributed by atoms with Crippen LogP contribution in [-0.4, -0.2) is 5.78 Å². The summed E-state index contributed by atoms with van der Waals surface area (Å²) in [5.41, 5.74) is 12.2. The molecule has 1 aliphatic rings. The SMILES string of the molecule is Cc1cc(C(=O)Cc2ccc3c(c2)CCC3)ccc1N. The van der Waals surface area contributed by atoms with E-state index in [0.29, 0.717) is 6.42 Å². The van der Waals surface area contributed by atoms with Gasteiger partial charge in [-0.15, -0.1) is 0 Å². The fourth-order valence-corrected chi connectivity index (χ4v) is 2.87. The van der Waals surface area contributed by atoms with Crippen LogP contribution in [0.25, 0.3) is 0 Å².